The van der Waals surface area contributed by atoms with E-state index in [0.717, 1.165) is 5.39 Å². The Kier molecular flexibility index (Phi) is 10.4. The summed E-state index contributed by atoms with van der Waals surface area (Å²) in [5.41, 5.74) is -1.52. The number of imidazole rings is 1. The number of carbonyl (C=O) groups is 1. The largest absolute Gasteiger partial charge is 0.464 e. The number of carbonyl (C=O) groups excluding carboxylic acids is 1. The van der Waals surface area contributed by atoms with Gasteiger partial charge in [0.25, 0.3) is 0 Å². The highest BCUT2D eigenvalue weighted by Crippen LogP contribution is 2.50. The van der Waals surface area contributed by atoms with Gasteiger partial charge in [-0.25, -0.2) is 23.9 Å². The number of fused-ring (bicyclic) bond motifs is 2. The number of aryl methyl sites for hydroxylation is 1. The highest BCUT2D eigenvalue weighted by molar-refractivity contribution is 7.52. The molecule has 0 saturated carbocycles. The zero-order chi connectivity index (χ0) is 35.0. The van der Waals surface area contributed by atoms with Gasteiger partial charge in [-0.05, 0) is 30.7 Å². The quantitative estimate of drug-likeness (QED) is 0.111. The van der Waals surface area contributed by atoms with Crippen molar-refractivity contribution in [2.24, 2.45) is 5.41 Å². The molecule has 0 unspecified atom stereocenters. The van der Waals surface area contributed by atoms with Gasteiger partial charge in [0.1, 0.15) is 29.3 Å². The molecule has 0 amide bonds. The van der Waals surface area contributed by atoms with Crippen LogP contribution in [0, 0.1) is 12.3 Å². The van der Waals surface area contributed by atoms with Gasteiger partial charge in [0.15, 0.2) is 29.4 Å². The maximum Gasteiger partial charge on any atom is 0.459 e. The van der Waals surface area contributed by atoms with Crippen molar-refractivity contribution in [1.82, 2.24) is 24.6 Å². The molecule has 2 aromatic carbocycles. The molecule has 4 aromatic rings. The van der Waals surface area contributed by atoms with Crippen LogP contribution in [0.3, 0.4) is 0 Å². The van der Waals surface area contributed by atoms with Crippen molar-refractivity contribution in [2.45, 2.75) is 64.8 Å². The topological polar surface area (TPSA) is 150 Å². The summed E-state index contributed by atoms with van der Waals surface area (Å²) in [6.07, 6.45) is -3.91. The maximum atomic E-state index is 16.0. The molecule has 2 N–H and O–H groups in total. The molecule has 1 aliphatic rings. The van der Waals surface area contributed by atoms with E-state index in [1.807, 2.05) is 39.0 Å². The van der Waals surface area contributed by atoms with Crippen molar-refractivity contribution in [3.8, 4) is 5.75 Å². The normalized spacial score (nSPS) is 23.2. The van der Waals surface area contributed by atoms with Crippen molar-refractivity contribution in [2.75, 3.05) is 38.1 Å². The molecule has 1 saturated heterocycles. The first kappa shape index (κ1) is 35.9. The lowest BCUT2D eigenvalue weighted by molar-refractivity contribution is -0.148. The molecule has 3 heterocycles. The van der Waals surface area contributed by atoms with Crippen LogP contribution in [0.25, 0.3) is 21.9 Å². The second kappa shape index (κ2) is 13.9. The minimum absolute atomic E-state index is 0.116. The summed E-state index contributed by atoms with van der Waals surface area (Å²) in [5.74, 6) is -0.00681. The minimum Gasteiger partial charge on any atom is -0.464 e. The predicted octanol–water partition coefficient (Wildman–Crippen LogP) is 5.33. The number of nitrogens with zero attached hydrogens (tertiary/aromatic N) is 5. The zero-order valence-corrected chi connectivity index (χ0v) is 29.5. The first-order chi connectivity index (χ1) is 22.6. The highest BCUT2D eigenvalue weighted by Gasteiger charge is 2.57. The smallest absolute Gasteiger partial charge is 0.459 e. The molecule has 0 spiro atoms. The Bertz CT molecular complexity index is 1830. The molecule has 1 aliphatic heterocycles. The van der Waals surface area contributed by atoms with Crippen molar-refractivity contribution in [1.29, 1.82) is 0 Å². The molecule has 48 heavy (non-hydrogen) atoms. The molecular formula is C32H41ClFN6O7P. The lowest BCUT2D eigenvalue weighted by Crippen LogP contribution is -2.48. The molecule has 260 valence electrons. The molecule has 0 radical (unpaired) electrons. The molecule has 13 nitrogen and oxygen atoms in total. The van der Waals surface area contributed by atoms with E-state index in [-0.39, 0.29) is 23.4 Å². The van der Waals surface area contributed by atoms with Crippen LogP contribution in [0.5, 0.6) is 5.75 Å². The Hall–Kier alpha value is -3.39. The van der Waals surface area contributed by atoms with Gasteiger partial charge in [0.05, 0.1) is 25.4 Å². The fourth-order valence-electron chi connectivity index (χ4n) is 5.20. The fourth-order valence-corrected chi connectivity index (χ4v) is 7.06. The number of alkyl halides is 2. The van der Waals surface area contributed by atoms with Crippen molar-refractivity contribution < 1.29 is 37.4 Å². The summed E-state index contributed by atoms with van der Waals surface area (Å²) < 4.78 is 55.3. The van der Waals surface area contributed by atoms with Crippen LogP contribution in [-0.4, -0.2) is 87.7 Å². The van der Waals surface area contributed by atoms with Crippen molar-refractivity contribution in [3.63, 3.8) is 0 Å². The predicted molar refractivity (Wildman–Crippen MR) is 180 cm³/mol. The average molecular weight is 707 g/mol. The first-order valence-electron chi connectivity index (χ1n) is 15.4. The number of anilines is 1. The van der Waals surface area contributed by atoms with Gasteiger partial charge in [-0.2, -0.15) is 5.09 Å². The standard InChI is InChI=1S/C32H41ClFN6O7P/c1-19(30(42)44-16-31(3,4)5)38-48(43,47-23-14-10-12-21-11-8-9-13-22(21)23)45-17-32(15-33)26(41)24(34)29(46-32)40-18-35-25-27(39(6)7)36-20(2)37-28(25)40/h8-14,18-19,24,26,29,41H,15-17H2,1-7H3,(H,38,43)/t19-,24+,26+,29-,32-,48-/m1/s1. The second-order valence-corrected chi connectivity index (χ2v) is 15.2. The summed E-state index contributed by atoms with van der Waals surface area (Å²) in [5, 5.41) is 15.3. The monoisotopic (exact) mass is 706 g/mol. The van der Waals surface area contributed by atoms with E-state index in [0.29, 0.717) is 22.5 Å². The number of aliphatic hydroxyl groups excluding tert-OH is 1. The van der Waals surface area contributed by atoms with E-state index in [2.05, 4.69) is 20.0 Å². The van der Waals surface area contributed by atoms with Crippen LogP contribution in [0.1, 0.15) is 39.7 Å². The first-order valence-corrected chi connectivity index (χ1v) is 17.4. The van der Waals surface area contributed by atoms with E-state index in [1.165, 1.54) is 17.8 Å². The number of hydrogen-bond donors (Lipinski definition) is 2. The Balaban J connectivity index is 1.44. The Morgan fingerprint density at radius 3 is 2.62 bits per heavy atom. The fraction of sp³-hybridized carbons (Fsp3) is 0.500. The SMILES string of the molecule is Cc1nc(N(C)C)c2ncn([C@@H]3O[C@](CCl)(CO[P@](=O)(N[C@H](C)C(=O)OCC(C)(C)C)Oc4cccc5ccccc45)[C@@H](O)[C@@H]3F)c2n1. The molecule has 1 fully saturated rings. The number of aliphatic hydroxyl groups is 1. The zero-order valence-electron chi connectivity index (χ0n) is 27.9. The molecule has 2 aromatic heterocycles. The van der Waals surface area contributed by atoms with Gasteiger partial charge in [-0.15, -0.1) is 11.6 Å². The Labute approximate surface area is 283 Å². The second-order valence-electron chi connectivity index (χ2n) is 13.3. The number of aromatic nitrogens is 4. The maximum absolute atomic E-state index is 16.0. The number of rotatable bonds is 12. The minimum atomic E-state index is -4.49. The van der Waals surface area contributed by atoms with Crippen LogP contribution in [-0.2, 0) is 23.4 Å². The van der Waals surface area contributed by atoms with Crippen LogP contribution in [0.4, 0.5) is 10.2 Å². The van der Waals surface area contributed by atoms with Crippen LogP contribution < -0.4 is 14.5 Å². The third-order valence-corrected chi connectivity index (χ3v) is 9.77. The molecule has 0 bridgehead atoms. The average Bonchev–Trinajstić information content (AvgIpc) is 3.56. The van der Waals surface area contributed by atoms with Crippen LogP contribution in [0.2, 0.25) is 0 Å². The lowest BCUT2D eigenvalue weighted by Gasteiger charge is -2.32. The molecule has 5 rings (SSSR count). The summed E-state index contributed by atoms with van der Waals surface area (Å²) in [7, 11) is -0.899. The number of nitrogens with one attached hydrogen (secondary N) is 1. The van der Waals surface area contributed by atoms with Gasteiger partial charge in [0.2, 0.25) is 0 Å². The summed E-state index contributed by atoms with van der Waals surface area (Å²) in [4.78, 5) is 27.9. The summed E-state index contributed by atoms with van der Waals surface area (Å²) in [6, 6.07) is 11.3. The number of esters is 1. The number of ether oxygens (including phenoxy) is 2. The number of benzene rings is 2. The van der Waals surface area contributed by atoms with Crippen LogP contribution in [0.15, 0.2) is 48.8 Å². The molecule has 0 aliphatic carbocycles. The van der Waals surface area contributed by atoms with Crippen molar-refractivity contribution >= 4 is 53.1 Å². The van der Waals surface area contributed by atoms with Gasteiger partial charge < -0.3 is 24.0 Å². The van der Waals surface area contributed by atoms with Gasteiger partial charge in [-0.3, -0.25) is 13.9 Å². The van der Waals surface area contributed by atoms with E-state index in [9.17, 15) is 14.5 Å². The van der Waals surface area contributed by atoms with E-state index in [4.69, 9.17) is 30.1 Å². The van der Waals surface area contributed by atoms with Gasteiger partial charge in [0, 0.05) is 19.5 Å². The number of halogens is 2. The lowest BCUT2D eigenvalue weighted by atomic mass is 9.99. The molecule has 6 atom stereocenters. The number of hydrogen-bond acceptors (Lipinski definition) is 11. The highest BCUT2D eigenvalue weighted by atomic mass is 35.5. The molecular weight excluding hydrogens is 666 g/mol. The summed E-state index contributed by atoms with van der Waals surface area (Å²) in [6.45, 7) is 8.29. The van der Waals surface area contributed by atoms with Gasteiger partial charge >= 0.3 is 13.7 Å². The van der Waals surface area contributed by atoms with E-state index >= 15 is 4.39 Å². The van der Waals surface area contributed by atoms with Crippen LogP contribution >= 0.6 is 19.3 Å². The van der Waals surface area contributed by atoms with Gasteiger partial charge in [-0.1, -0.05) is 57.2 Å². The van der Waals surface area contributed by atoms with E-state index in [1.54, 1.807) is 50.2 Å². The summed E-state index contributed by atoms with van der Waals surface area (Å²) >= 11 is 6.36. The Morgan fingerprint density at radius 1 is 1.23 bits per heavy atom. The third-order valence-electron chi connectivity index (χ3n) is 7.71. The third kappa shape index (κ3) is 7.44. The van der Waals surface area contributed by atoms with E-state index < -0.39 is 56.3 Å². The Morgan fingerprint density at radius 2 is 1.94 bits per heavy atom. The molecule has 16 heteroatoms. The van der Waals surface area contributed by atoms with Crippen molar-refractivity contribution in [3.05, 3.63) is 54.6 Å².